The van der Waals surface area contributed by atoms with Gasteiger partial charge in [-0.25, -0.2) is 17.9 Å². The molecule has 7 nitrogen and oxygen atoms in total. The zero-order valence-electron chi connectivity index (χ0n) is 12.6. The van der Waals surface area contributed by atoms with Crippen LogP contribution in [-0.4, -0.2) is 36.5 Å². The molecule has 0 radical (unpaired) electrons. The summed E-state index contributed by atoms with van der Waals surface area (Å²) >= 11 is 0. The van der Waals surface area contributed by atoms with Crippen molar-refractivity contribution in [3.8, 4) is 5.69 Å². The number of carbonyl (C=O) groups is 1. The molecule has 0 bridgehead atoms. The summed E-state index contributed by atoms with van der Waals surface area (Å²) in [6, 6.07) is 6.22. The van der Waals surface area contributed by atoms with Gasteiger partial charge in [-0.05, 0) is 26.0 Å². The molecule has 1 aromatic carbocycles. The van der Waals surface area contributed by atoms with Crippen molar-refractivity contribution in [1.29, 1.82) is 0 Å². The van der Waals surface area contributed by atoms with E-state index in [1.807, 2.05) is 13.8 Å². The topological polar surface area (TPSA) is 93.1 Å². The van der Waals surface area contributed by atoms with Gasteiger partial charge >= 0.3 is 6.03 Å². The Labute approximate surface area is 129 Å². The van der Waals surface area contributed by atoms with Gasteiger partial charge < -0.3 is 10.6 Å². The second-order valence-electron chi connectivity index (χ2n) is 5.17. The molecule has 1 heterocycles. The van der Waals surface area contributed by atoms with Gasteiger partial charge in [0.15, 0.2) is 9.84 Å². The molecule has 0 atom stereocenters. The SMILES string of the molecule is CC(C)NC(=O)Nc1cnn(-c2ccccc2S(C)(=O)=O)c1. The van der Waals surface area contributed by atoms with E-state index in [1.54, 1.807) is 24.4 Å². The van der Waals surface area contributed by atoms with Gasteiger partial charge in [-0.3, -0.25) is 0 Å². The Kier molecular flexibility index (Phi) is 4.51. The summed E-state index contributed by atoms with van der Waals surface area (Å²) in [6.07, 6.45) is 4.16. The molecule has 0 unspecified atom stereocenters. The van der Waals surface area contributed by atoms with E-state index in [1.165, 1.54) is 16.9 Å². The normalized spacial score (nSPS) is 11.5. The van der Waals surface area contributed by atoms with Gasteiger partial charge in [-0.1, -0.05) is 12.1 Å². The average Bonchev–Trinajstić information content (AvgIpc) is 2.85. The highest BCUT2D eigenvalue weighted by molar-refractivity contribution is 7.90. The maximum Gasteiger partial charge on any atom is 0.319 e. The van der Waals surface area contributed by atoms with Crippen molar-refractivity contribution in [1.82, 2.24) is 15.1 Å². The number of urea groups is 1. The van der Waals surface area contributed by atoms with Crippen molar-refractivity contribution < 1.29 is 13.2 Å². The fourth-order valence-corrected chi connectivity index (χ4v) is 2.78. The van der Waals surface area contributed by atoms with Crippen LogP contribution < -0.4 is 10.6 Å². The van der Waals surface area contributed by atoms with Gasteiger partial charge in [-0.2, -0.15) is 5.10 Å². The van der Waals surface area contributed by atoms with E-state index in [0.717, 1.165) is 6.26 Å². The number of benzene rings is 1. The van der Waals surface area contributed by atoms with Crippen LogP contribution >= 0.6 is 0 Å². The van der Waals surface area contributed by atoms with Gasteiger partial charge in [0.25, 0.3) is 0 Å². The van der Waals surface area contributed by atoms with Crippen molar-refractivity contribution in [2.24, 2.45) is 0 Å². The Bertz CT molecular complexity index is 781. The molecule has 22 heavy (non-hydrogen) atoms. The number of hydrogen-bond donors (Lipinski definition) is 2. The van der Waals surface area contributed by atoms with Crippen LogP contribution in [0, 0.1) is 0 Å². The predicted octanol–water partition coefficient (Wildman–Crippen LogP) is 1.81. The molecule has 2 N–H and O–H groups in total. The van der Waals surface area contributed by atoms with E-state index in [-0.39, 0.29) is 17.0 Å². The zero-order valence-corrected chi connectivity index (χ0v) is 13.4. The van der Waals surface area contributed by atoms with Crippen LogP contribution in [0.3, 0.4) is 0 Å². The number of rotatable bonds is 4. The first-order valence-corrected chi connectivity index (χ1v) is 8.58. The Hall–Kier alpha value is -2.35. The van der Waals surface area contributed by atoms with Gasteiger partial charge in [0.1, 0.15) is 0 Å². The molecular formula is C14H18N4O3S. The number of nitrogens with one attached hydrogen (secondary N) is 2. The monoisotopic (exact) mass is 322 g/mol. The van der Waals surface area contributed by atoms with E-state index >= 15 is 0 Å². The highest BCUT2D eigenvalue weighted by Crippen LogP contribution is 2.20. The number of para-hydroxylation sites is 1. The molecule has 1 aromatic heterocycles. The third-order valence-corrected chi connectivity index (χ3v) is 3.92. The zero-order chi connectivity index (χ0) is 16.3. The van der Waals surface area contributed by atoms with E-state index in [9.17, 15) is 13.2 Å². The summed E-state index contributed by atoms with van der Waals surface area (Å²) in [7, 11) is -3.37. The van der Waals surface area contributed by atoms with Crippen LogP contribution in [0.2, 0.25) is 0 Å². The third kappa shape index (κ3) is 3.85. The lowest BCUT2D eigenvalue weighted by Gasteiger charge is -2.09. The lowest BCUT2D eigenvalue weighted by atomic mass is 10.3. The lowest BCUT2D eigenvalue weighted by Crippen LogP contribution is -2.34. The number of sulfone groups is 1. The van der Waals surface area contributed by atoms with Crippen molar-refractivity contribution in [2.75, 3.05) is 11.6 Å². The molecule has 0 aliphatic rings. The molecule has 2 rings (SSSR count). The molecule has 2 amide bonds. The first-order chi connectivity index (χ1) is 10.3. The number of aromatic nitrogens is 2. The van der Waals surface area contributed by atoms with Crippen molar-refractivity contribution in [3.63, 3.8) is 0 Å². The molecule has 0 aliphatic heterocycles. The first-order valence-electron chi connectivity index (χ1n) is 6.69. The lowest BCUT2D eigenvalue weighted by molar-refractivity contribution is 0.250. The summed E-state index contributed by atoms with van der Waals surface area (Å²) in [5.41, 5.74) is 0.906. The van der Waals surface area contributed by atoms with Gasteiger partial charge in [-0.15, -0.1) is 0 Å². The maximum absolute atomic E-state index is 11.8. The van der Waals surface area contributed by atoms with Crippen LogP contribution in [0.25, 0.3) is 5.69 Å². The number of hydrogen-bond acceptors (Lipinski definition) is 4. The molecule has 0 spiro atoms. The number of anilines is 1. The number of carbonyl (C=O) groups excluding carboxylic acids is 1. The quantitative estimate of drug-likeness (QED) is 0.897. The summed E-state index contributed by atoms with van der Waals surface area (Å²) in [5.74, 6) is 0. The molecular weight excluding hydrogens is 304 g/mol. The molecule has 0 saturated heterocycles. The first kappa shape index (κ1) is 16.0. The van der Waals surface area contributed by atoms with Crippen LogP contribution in [-0.2, 0) is 9.84 Å². The number of amides is 2. The summed E-state index contributed by atoms with van der Waals surface area (Å²) in [5, 5.41) is 9.43. The minimum atomic E-state index is -3.37. The highest BCUT2D eigenvalue weighted by Gasteiger charge is 2.15. The summed E-state index contributed by atoms with van der Waals surface area (Å²) in [6.45, 7) is 3.71. The molecule has 0 aliphatic carbocycles. The van der Waals surface area contributed by atoms with E-state index in [0.29, 0.717) is 11.4 Å². The van der Waals surface area contributed by atoms with E-state index < -0.39 is 9.84 Å². The van der Waals surface area contributed by atoms with Crippen molar-refractivity contribution in [3.05, 3.63) is 36.7 Å². The minimum Gasteiger partial charge on any atom is -0.336 e. The molecule has 0 saturated carbocycles. The largest absolute Gasteiger partial charge is 0.336 e. The van der Waals surface area contributed by atoms with Crippen LogP contribution in [0.15, 0.2) is 41.6 Å². The standard InChI is InChI=1S/C14H18N4O3S/c1-10(2)16-14(19)17-11-8-15-18(9-11)12-6-4-5-7-13(12)22(3,20)21/h4-10H,1-3H3,(H2,16,17,19). The van der Waals surface area contributed by atoms with Crippen LogP contribution in [0.4, 0.5) is 10.5 Å². The third-order valence-electron chi connectivity index (χ3n) is 2.77. The Morgan fingerprint density at radius 2 is 1.95 bits per heavy atom. The Morgan fingerprint density at radius 3 is 2.59 bits per heavy atom. The second kappa shape index (κ2) is 6.18. The second-order valence-corrected chi connectivity index (χ2v) is 7.15. The van der Waals surface area contributed by atoms with Crippen LogP contribution in [0.5, 0.6) is 0 Å². The van der Waals surface area contributed by atoms with Gasteiger partial charge in [0, 0.05) is 12.3 Å². The molecule has 0 fully saturated rings. The van der Waals surface area contributed by atoms with Crippen molar-refractivity contribution in [2.45, 2.75) is 24.8 Å². The maximum atomic E-state index is 11.8. The Balaban J connectivity index is 2.28. The fourth-order valence-electron chi connectivity index (χ4n) is 1.91. The van der Waals surface area contributed by atoms with Gasteiger partial charge in [0.05, 0.1) is 28.7 Å². The highest BCUT2D eigenvalue weighted by atomic mass is 32.2. The molecule has 2 aromatic rings. The molecule has 8 heteroatoms. The summed E-state index contributed by atoms with van der Waals surface area (Å²) < 4.78 is 25.0. The van der Waals surface area contributed by atoms with Crippen LogP contribution in [0.1, 0.15) is 13.8 Å². The predicted molar refractivity (Wildman–Crippen MR) is 84.0 cm³/mol. The Morgan fingerprint density at radius 1 is 1.27 bits per heavy atom. The van der Waals surface area contributed by atoms with Gasteiger partial charge in [0.2, 0.25) is 0 Å². The minimum absolute atomic E-state index is 0.0148. The molecule has 118 valence electrons. The number of nitrogens with zero attached hydrogens (tertiary/aromatic N) is 2. The average molecular weight is 322 g/mol. The van der Waals surface area contributed by atoms with E-state index in [4.69, 9.17) is 0 Å². The van der Waals surface area contributed by atoms with E-state index in [2.05, 4.69) is 15.7 Å². The smallest absolute Gasteiger partial charge is 0.319 e. The summed E-state index contributed by atoms with van der Waals surface area (Å²) in [4.78, 5) is 11.8. The fraction of sp³-hybridized carbons (Fsp3) is 0.286. The van der Waals surface area contributed by atoms with Crippen molar-refractivity contribution >= 4 is 21.6 Å².